The summed E-state index contributed by atoms with van der Waals surface area (Å²) in [7, 11) is 0. The summed E-state index contributed by atoms with van der Waals surface area (Å²) < 4.78 is 12.3. The molecule has 2 unspecified atom stereocenters. The van der Waals surface area contributed by atoms with Gasteiger partial charge in [0.25, 0.3) is 0 Å². The normalized spacial score (nSPS) is 28.8. The van der Waals surface area contributed by atoms with Gasteiger partial charge in [0.05, 0.1) is 37.2 Å². The van der Waals surface area contributed by atoms with Crippen molar-refractivity contribution in [2.45, 2.75) is 123 Å². The molecule has 2 amide bonds. The summed E-state index contributed by atoms with van der Waals surface area (Å²) >= 11 is 0. The lowest BCUT2D eigenvalue weighted by atomic mass is 9.70. The van der Waals surface area contributed by atoms with Crippen LogP contribution in [0.2, 0.25) is 0 Å². The Morgan fingerprint density at radius 3 is 2.46 bits per heavy atom. The monoisotopic (exact) mass is 574 g/mol. The number of likely N-dealkylation sites (tertiary alicyclic amines) is 1. The largest absolute Gasteiger partial charge is 0.465 e. The number of allylic oxidation sites excluding steroid dienone is 1. The Labute approximate surface area is 247 Å². The number of aliphatic hydroxyl groups is 1. The first-order valence-electron chi connectivity index (χ1n) is 15.5. The number of carbonyl (C=O) groups is 3. The standard InChI is InChI=1S/C33H54N2O6/c1-10-13-14-15-19-40-30(39)25-24-16-17-33(41-24)26(25)28(37)35(23(20-36)22(4)12-3)27(33)29(38)34(18-11-2)32(8,9)21-31(5,6)7/h10-11,22-27,36H,1-2,12-21H2,3-9H3/t22-,23-,24-,25+,26-,27?,33?/m0/s1. The highest BCUT2D eigenvalue weighted by atomic mass is 16.6. The zero-order valence-electron chi connectivity index (χ0n) is 26.5. The lowest BCUT2D eigenvalue weighted by Gasteiger charge is -2.47. The van der Waals surface area contributed by atoms with Crippen molar-refractivity contribution in [1.29, 1.82) is 0 Å². The van der Waals surface area contributed by atoms with Crippen LogP contribution in [-0.2, 0) is 23.9 Å². The van der Waals surface area contributed by atoms with Crippen LogP contribution in [0, 0.1) is 23.2 Å². The van der Waals surface area contributed by atoms with Gasteiger partial charge in [0, 0.05) is 12.1 Å². The molecule has 2 bridgehead atoms. The van der Waals surface area contributed by atoms with E-state index in [1.165, 1.54) is 0 Å². The quantitative estimate of drug-likeness (QED) is 0.170. The van der Waals surface area contributed by atoms with E-state index in [0.29, 0.717) is 25.8 Å². The molecule has 3 aliphatic rings. The molecule has 8 nitrogen and oxygen atoms in total. The summed E-state index contributed by atoms with van der Waals surface area (Å²) in [4.78, 5) is 46.1. The highest BCUT2D eigenvalue weighted by Crippen LogP contribution is 2.59. The molecule has 41 heavy (non-hydrogen) atoms. The van der Waals surface area contributed by atoms with E-state index in [1.807, 2.05) is 38.7 Å². The molecule has 3 rings (SSSR count). The molecule has 0 radical (unpaired) electrons. The highest BCUT2D eigenvalue weighted by molar-refractivity contribution is 5.98. The van der Waals surface area contributed by atoms with Gasteiger partial charge in [0.1, 0.15) is 11.6 Å². The van der Waals surface area contributed by atoms with Gasteiger partial charge in [-0.05, 0) is 63.7 Å². The number of fused-ring (bicyclic) bond motifs is 1. The van der Waals surface area contributed by atoms with Crippen molar-refractivity contribution in [3.63, 3.8) is 0 Å². The van der Waals surface area contributed by atoms with Crippen molar-refractivity contribution in [3.05, 3.63) is 25.3 Å². The first kappa shape index (κ1) is 33.3. The first-order chi connectivity index (χ1) is 19.2. The number of unbranched alkanes of at least 4 members (excludes halogenated alkanes) is 2. The number of ether oxygens (including phenoxy) is 2. The predicted octanol–water partition coefficient (Wildman–Crippen LogP) is 4.90. The van der Waals surface area contributed by atoms with E-state index >= 15 is 0 Å². The lowest BCUT2D eigenvalue weighted by Crippen LogP contribution is -2.63. The maximum Gasteiger partial charge on any atom is 0.312 e. The van der Waals surface area contributed by atoms with Gasteiger partial charge in [-0.2, -0.15) is 0 Å². The van der Waals surface area contributed by atoms with Gasteiger partial charge in [0.2, 0.25) is 11.8 Å². The Bertz CT molecular complexity index is 987. The van der Waals surface area contributed by atoms with Crippen molar-refractivity contribution < 1.29 is 29.0 Å². The second-order valence-electron chi connectivity index (χ2n) is 14.2. The van der Waals surface area contributed by atoms with E-state index in [0.717, 1.165) is 25.7 Å². The molecule has 8 heteroatoms. The molecule has 3 saturated heterocycles. The average Bonchev–Trinajstić information content (AvgIpc) is 3.53. The summed E-state index contributed by atoms with van der Waals surface area (Å²) in [6.45, 7) is 22.5. The molecule has 3 aliphatic heterocycles. The molecular weight excluding hydrogens is 520 g/mol. The van der Waals surface area contributed by atoms with E-state index < -0.39 is 47.1 Å². The molecule has 0 aromatic heterocycles. The van der Waals surface area contributed by atoms with E-state index in [2.05, 4.69) is 33.9 Å². The Balaban J connectivity index is 2.05. The van der Waals surface area contributed by atoms with Gasteiger partial charge >= 0.3 is 5.97 Å². The van der Waals surface area contributed by atoms with Crippen molar-refractivity contribution in [3.8, 4) is 0 Å². The maximum atomic E-state index is 14.8. The number of amides is 2. The van der Waals surface area contributed by atoms with Crippen LogP contribution in [0.4, 0.5) is 0 Å². The van der Waals surface area contributed by atoms with Crippen LogP contribution in [0.3, 0.4) is 0 Å². The maximum absolute atomic E-state index is 14.8. The van der Waals surface area contributed by atoms with Crippen LogP contribution in [0.5, 0.6) is 0 Å². The first-order valence-corrected chi connectivity index (χ1v) is 15.5. The smallest absolute Gasteiger partial charge is 0.312 e. The summed E-state index contributed by atoms with van der Waals surface area (Å²) in [5.74, 6) is -2.56. The van der Waals surface area contributed by atoms with Crippen molar-refractivity contribution in [2.24, 2.45) is 23.2 Å². The van der Waals surface area contributed by atoms with E-state index in [1.54, 1.807) is 11.0 Å². The minimum atomic E-state index is -1.14. The molecule has 3 heterocycles. The van der Waals surface area contributed by atoms with Gasteiger partial charge in [-0.15, -0.1) is 13.2 Å². The summed E-state index contributed by atoms with van der Waals surface area (Å²) in [5.41, 5.74) is -1.73. The fraction of sp³-hybridized carbons (Fsp3) is 0.788. The Morgan fingerprint density at radius 2 is 1.90 bits per heavy atom. The van der Waals surface area contributed by atoms with Crippen molar-refractivity contribution in [1.82, 2.24) is 9.80 Å². The topological polar surface area (TPSA) is 96.4 Å². The van der Waals surface area contributed by atoms with Gasteiger partial charge < -0.3 is 24.4 Å². The average molecular weight is 575 g/mol. The summed E-state index contributed by atoms with van der Waals surface area (Å²) in [5, 5.41) is 10.6. The SMILES string of the molecule is C=CCCCCOC(=O)[C@@H]1[C@@H]2CCC3(O2)C(C(=O)N(CC=C)C(C)(C)CC(C)(C)C)N([C@@H](CO)[C@@H](C)CC)C(=O)[C@H]13. The zero-order valence-corrected chi connectivity index (χ0v) is 26.5. The molecule has 0 aromatic rings. The van der Waals surface area contributed by atoms with E-state index in [-0.39, 0.29) is 36.4 Å². The molecule has 3 fully saturated rings. The predicted molar refractivity (Wildman–Crippen MR) is 160 cm³/mol. The van der Waals surface area contributed by atoms with Crippen LogP contribution in [0.1, 0.15) is 93.4 Å². The number of nitrogens with zero attached hydrogens (tertiary/aromatic N) is 2. The third kappa shape index (κ3) is 6.43. The van der Waals surface area contributed by atoms with E-state index in [9.17, 15) is 19.5 Å². The third-order valence-corrected chi connectivity index (χ3v) is 9.41. The molecule has 1 spiro atoms. The van der Waals surface area contributed by atoms with Crippen LogP contribution < -0.4 is 0 Å². The molecule has 0 aliphatic carbocycles. The van der Waals surface area contributed by atoms with Crippen molar-refractivity contribution >= 4 is 17.8 Å². The van der Waals surface area contributed by atoms with E-state index in [4.69, 9.17) is 9.47 Å². The second kappa shape index (κ2) is 13.0. The zero-order chi connectivity index (χ0) is 30.8. The minimum Gasteiger partial charge on any atom is -0.465 e. The number of hydrogen-bond donors (Lipinski definition) is 1. The van der Waals surface area contributed by atoms with Gasteiger partial charge in [-0.3, -0.25) is 14.4 Å². The van der Waals surface area contributed by atoms with Crippen LogP contribution in [0.25, 0.3) is 0 Å². The Hall–Kier alpha value is -2.19. The highest BCUT2D eigenvalue weighted by Gasteiger charge is 2.76. The molecule has 0 saturated carbocycles. The number of carbonyl (C=O) groups excluding carboxylic acids is 3. The van der Waals surface area contributed by atoms with Crippen LogP contribution in [-0.4, -0.2) is 81.8 Å². The molecule has 7 atom stereocenters. The fourth-order valence-corrected chi connectivity index (χ4v) is 7.77. The molecular formula is C33H54N2O6. The number of esters is 1. The van der Waals surface area contributed by atoms with Gasteiger partial charge in [-0.25, -0.2) is 0 Å². The molecule has 0 aromatic carbocycles. The fourth-order valence-electron chi connectivity index (χ4n) is 7.77. The second-order valence-corrected chi connectivity index (χ2v) is 14.2. The molecule has 1 N–H and O–H groups in total. The number of rotatable bonds is 15. The Kier molecular flexibility index (Phi) is 10.6. The Morgan fingerprint density at radius 1 is 1.22 bits per heavy atom. The third-order valence-electron chi connectivity index (χ3n) is 9.41. The number of aliphatic hydroxyl groups excluding tert-OH is 1. The lowest BCUT2D eigenvalue weighted by molar-refractivity contribution is -0.159. The molecule has 232 valence electrons. The minimum absolute atomic E-state index is 0.0532. The number of hydrogen-bond acceptors (Lipinski definition) is 6. The van der Waals surface area contributed by atoms with Crippen LogP contribution in [0.15, 0.2) is 25.3 Å². The van der Waals surface area contributed by atoms with Crippen molar-refractivity contribution in [2.75, 3.05) is 19.8 Å². The summed E-state index contributed by atoms with van der Waals surface area (Å²) in [6, 6.07) is -1.52. The van der Waals surface area contributed by atoms with Gasteiger partial charge in [-0.1, -0.05) is 53.2 Å². The summed E-state index contributed by atoms with van der Waals surface area (Å²) in [6.07, 6.45) is 8.06. The van der Waals surface area contributed by atoms with Gasteiger partial charge in [0.15, 0.2) is 0 Å². The van der Waals surface area contributed by atoms with Crippen LogP contribution >= 0.6 is 0 Å².